The lowest BCUT2D eigenvalue weighted by molar-refractivity contribution is -0.0568. The second kappa shape index (κ2) is 8.82. The third-order valence-corrected chi connectivity index (χ3v) is 3.69. The molecule has 1 aliphatic rings. The second-order valence-corrected chi connectivity index (χ2v) is 5.16. The molecular weight excluding hydrogens is 268 g/mol. The first-order valence-electron chi connectivity index (χ1n) is 7.45. The monoisotopic (exact) mass is 292 g/mol. The van der Waals surface area contributed by atoms with Gasteiger partial charge in [-0.15, -0.1) is 0 Å². The maximum atomic E-state index is 10.6. The summed E-state index contributed by atoms with van der Waals surface area (Å²) in [6.07, 6.45) is 4.54. The summed E-state index contributed by atoms with van der Waals surface area (Å²) in [5.74, 6) is 0.849. The number of hydrogen-bond donors (Lipinski definition) is 1. The van der Waals surface area contributed by atoms with Crippen molar-refractivity contribution in [1.29, 1.82) is 0 Å². The van der Waals surface area contributed by atoms with Crippen molar-refractivity contribution in [3.8, 4) is 0 Å². The Bertz CT molecular complexity index is 430. The first-order chi connectivity index (χ1) is 10.3. The van der Waals surface area contributed by atoms with Gasteiger partial charge in [0.15, 0.2) is 6.79 Å². The molecule has 4 heteroatoms. The molecule has 1 aromatic rings. The SMILES string of the molecule is COCCOCOC1=CCCC[C@@H]1[C@@H](O)c1ccccc1. The molecule has 0 aliphatic heterocycles. The average Bonchev–Trinajstić information content (AvgIpc) is 2.55. The first-order valence-corrected chi connectivity index (χ1v) is 7.45. The highest BCUT2D eigenvalue weighted by atomic mass is 16.7. The van der Waals surface area contributed by atoms with Crippen LogP contribution in [0.15, 0.2) is 42.2 Å². The summed E-state index contributed by atoms with van der Waals surface area (Å²) in [6, 6.07) is 9.74. The van der Waals surface area contributed by atoms with Gasteiger partial charge in [0, 0.05) is 13.0 Å². The molecule has 0 amide bonds. The molecular formula is C17H24O4. The maximum absolute atomic E-state index is 10.6. The number of aliphatic hydroxyl groups excluding tert-OH is 1. The molecule has 21 heavy (non-hydrogen) atoms. The molecule has 0 radical (unpaired) electrons. The molecule has 116 valence electrons. The van der Waals surface area contributed by atoms with Gasteiger partial charge in [0.25, 0.3) is 0 Å². The van der Waals surface area contributed by atoms with Gasteiger partial charge in [-0.1, -0.05) is 30.3 Å². The summed E-state index contributed by atoms with van der Waals surface area (Å²) in [4.78, 5) is 0. The summed E-state index contributed by atoms with van der Waals surface area (Å²) in [7, 11) is 1.64. The highest BCUT2D eigenvalue weighted by Gasteiger charge is 2.27. The zero-order valence-electron chi connectivity index (χ0n) is 12.5. The minimum atomic E-state index is -0.531. The van der Waals surface area contributed by atoms with Gasteiger partial charge >= 0.3 is 0 Å². The van der Waals surface area contributed by atoms with Gasteiger partial charge in [-0.2, -0.15) is 0 Å². The van der Waals surface area contributed by atoms with Crippen molar-refractivity contribution < 1.29 is 19.3 Å². The van der Waals surface area contributed by atoms with Gasteiger partial charge in [-0.05, 0) is 30.9 Å². The second-order valence-electron chi connectivity index (χ2n) is 5.16. The van der Waals surface area contributed by atoms with E-state index in [2.05, 4.69) is 6.08 Å². The van der Waals surface area contributed by atoms with Crippen LogP contribution in [0.2, 0.25) is 0 Å². The van der Waals surface area contributed by atoms with Crippen LogP contribution in [0.4, 0.5) is 0 Å². The van der Waals surface area contributed by atoms with Crippen molar-refractivity contribution in [2.75, 3.05) is 27.1 Å². The van der Waals surface area contributed by atoms with Gasteiger partial charge in [0.2, 0.25) is 0 Å². The molecule has 0 saturated carbocycles. The quantitative estimate of drug-likeness (QED) is 0.591. The fourth-order valence-electron chi connectivity index (χ4n) is 2.55. The number of benzene rings is 1. The van der Waals surface area contributed by atoms with E-state index in [1.165, 1.54) is 0 Å². The van der Waals surface area contributed by atoms with E-state index < -0.39 is 6.10 Å². The van der Waals surface area contributed by atoms with Crippen LogP contribution in [0.25, 0.3) is 0 Å². The van der Waals surface area contributed by atoms with Crippen LogP contribution in [0.1, 0.15) is 30.9 Å². The lowest BCUT2D eigenvalue weighted by atomic mass is 9.86. The largest absolute Gasteiger partial charge is 0.472 e. The van der Waals surface area contributed by atoms with E-state index in [4.69, 9.17) is 14.2 Å². The zero-order valence-corrected chi connectivity index (χ0v) is 12.5. The van der Waals surface area contributed by atoms with E-state index in [0.717, 1.165) is 30.6 Å². The summed E-state index contributed by atoms with van der Waals surface area (Å²) >= 11 is 0. The fourth-order valence-corrected chi connectivity index (χ4v) is 2.55. The molecule has 0 unspecified atom stereocenters. The van der Waals surface area contributed by atoms with Crippen LogP contribution < -0.4 is 0 Å². The van der Waals surface area contributed by atoms with E-state index in [1.54, 1.807) is 7.11 Å². The average molecular weight is 292 g/mol. The van der Waals surface area contributed by atoms with Crippen LogP contribution in [0.5, 0.6) is 0 Å². The first kappa shape index (κ1) is 16.0. The number of methoxy groups -OCH3 is 1. The molecule has 0 bridgehead atoms. The molecule has 1 N–H and O–H groups in total. The van der Waals surface area contributed by atoms with Crippen LogP contribution in [-0.4, -0.2) is 32.2 Å². The lowest BCUT2D eigenvalue weighted by Crippen LogP contribution is -2.20. The summed E-state index contributed by atoms with van der Waals surface area (Å²) in [5, 5.41) is 10.6. The topological polar surface area (TPSA) is 47.9 Å². The van der Waals surface area contributed by atoms with E-state index in [-0.39, 0.29) is 12.7 Å². The normalized spacial score (nSPS) is 19.9. The predicted molar refractivity (Wildman–Crippen MR) is 80.6 cm³/mol. The molecule has 2 rings (SSSR count). The number of allylic oxidation sites excluding steroid dienone is 1. The molecule has 0 spiro atoms. The molecule has 0 aromatic heterocycles. The van der Waals surface area contributed by atoms with E-state index in [1.807, 2.05) is 30.3 Å². The molecule has 0 heterocycles. The Morgan fingerprint density at radius 1 is 1.24 bits per heavy atom. The van der Waals surface area contributed by atoms with E-state index >= 15 is 0 Å². The lowest BCUT2D eigenvalue weighted by Gasteiger charge is -2.28. The smallest absolute Gasteiger partial charge is 0.188 e. The standard InChI is InChI=1S/C17H24O4/c1-19-11-12-20-13-21-16-10-6-5-9-15(16)17(18)14-7-3-2-4-8-14/h2-4,7-8,10,15,17-18H,5-6,9,11-13H2,1H3/t15-,17-/m0/s1. The van der Waals surface area contributed by atoms with Crippen LogP contribution in [0, 0.1) is 5.92 Å². The Balaban J connectivity index is 1.91. The van der Waals surface area contributed by atoms with Crippen molar-refractivity contribution in [2.24, 2.45) is 5.92 Å². The Kier molecular flexibility index (Phi) is 6.73. The Labute approximate surface area is 126 Å². The molecule has 0 saturated heterocycles. The summed E-state index contributed by atoms with van der Waals surface area (Å²) in [6.45, 7) is 1.27. The third kappa shape index (κ3) is 4.84. The van der Waals surface area contributed by atoms with Crippen molar-refractivity contribution in [1.82, 2.24) is 0 Å². The Hall–Kier alpha value is -1.36. The van der Waals surface area contributed by atoms with Crippen LogP contribution >= 0.6 is 0 Å². The molecule has 2 atom stereocenters. The van der Waals surface area contributed by atoms with Gasteiger partial charge < -0.3 is 19.3 Å². The third-order valence-electron chi connectivity index (χ3n) is 3.69. The molecule has 0 fully saturated rings. The zero-order chi connectivity index (χ0) is 14.9. The maximum Gasteiger partial charge on any atom is 0.188 e. The molecule has 1 aliphatic carbocycles. The predicted octanol–water partition coefficient (Wildman–Crippen LogP) is 3.04. The minimum absolute atomic E-state index is 0.00664. The van der Waals surface area contributed by atoms with Gasteiger partial charge in [-0.25, -0.2) is 0 Å². The van der Waals surface area contributed by atoms with Gasteiger partial charge in [-0.3, -0.25) is 0 Å². The van der Waals surface area contributed by atoms with Crippen LogP contribution in [0.3, 0.4) is 0 Å². The minimum Gasteiger partial charge on any atom is -0.472 e. The van der Waals surface area contributed by atoms with Crippen LogP contribution in [-0.2, 0) is 14.2 Å². The summed E-state index contributed by atoms with van der Waals surface area (Å²) < 4.78 is 16.0. The Morgan fingerprint density at radius 3 is 2.81 bits per heavy atom. The number of rotatable bonds is 8. The van der Waals surface area contributed by atoms with Gasteiger partial charge in [0.05, 0.1) is 19.3 Å². The van der Waals surface area contributed by atoms with Crippen molar-refractivity contribution in [3.63, 3.8) is 0 Å². The Morgan fingerprint density at radius 2 is 2.05 bits per heavy atom. The molecule has 4 nitrogen and oxygen atoms in total. The van der Waals surface area contributed by atoms with E-state index in [0.29, 0.717) is 13.2 Å². The molecule has 1 aromatic carbocycles. The van der Waals surface area contributed by atoms with Crippen molar-refractivity contribution in [3.05, 3.63) is 47.7 Å². The fraction of sp³-hybridized carbons (Fsp3) is 0.529. The highest BCUT2D eigenvalue weighted by Crippen LogP contribution is 2.35. The number of aliphatic hydroxyl groups is 1. The number of hydrogen-bond acceptors (Lipinski definition) is 4. The number of ether oxygens (including phenoxy) is 3. The highest BCUT2D eigenvalue weighted by molar-refractivity contribution is 5.21. The van der Waals surface area contributed by atoms with Gasteiger partial charge in [0.1, 0.15) is 5.76 Å². The van der Waals surface area contributed by atoms with E-state index in [9.17, 15) is 5.11 Å². The van der Waals surface area contributed by atoms with Crippen molar-refractivity contribution in [2.45, 2.75) is 25.4 Å². The van der Waals surface area contributed by atoms with Crippen molar-refractivity contribution >= 4 is 0 Å². The summed E-state index contributed by atoms with van der Waals surface area (Å²) in [5.41, 5.74) is 0.930.